The third-order valence-corrected chi connectivity index (χ3v) is 0.916. The van der Waals surface area contributed by atoms with E-state index in [1.54, 1.807) is 34.6 Å². The van der Waals surface area contributed by atoms with Crippen LogP contribution in [0.5, 0.6) is 0 Å². The van der Waals surface area contributed by atoms with E-state index in [1.807, 2.05) is 0 Å². The van der Waals surface area contributed by atoms with E-state index in [0.717, 1.165) is 0 Å². The maximum atomic E-state index is 11.0. The molecule has 0 aromatic heterocycles. The molecule has 0 aliphatic rings. The number of ether oxygens (including phenoxy) is 3. The lowest BCUT2D eigenvalue weighted by molar-refractivity contribution is -0.0239. The number of hydrogen-bond donors (Lipinski definition) is 0. The Balaban J connectivity index is 4.04. The van der Waals surface area contributed by atoms with Crippen LogP contribution in [-0.4, -0.2) is 23.5 Å². The van der Waals surface area contributed by atoms with Gasteiger partial charge in [-0.05, 0) is 20.8 Å². The van der Waals surface area contributed by atoms with Gasteiger partial charge in [0.15, 0.2) is 0 Å². The van der Waals surface area contributed by atoms with E-state index in [9.17, 15) is 9.59 Å². The molecule has 86 valence electrons. The summed E-state index contributed by atoms with van der Waals surface area (Å²) in [5.41, 5.74) is -1.66. The standard InChI is InChI=1S/C10H17O5/c1-9(2,3)14-7(11)13-8(12)15-10(4,5)6/h1H2,2-6H3/q+1. The molecule has 15 heavy (non-hydrogen) atoms. The largest absolute Gasteiger partial charge is 0.522 e. The molecule has 0 N–H and O–H groups in total. The average molecular weight is 217 g/mol. The Morgan fingerprint density at radius 1 is 0.933 bits per heavy atom. The monoisotopic (exact) mass is 217 g/mol. The van der Waals surface area contributed by atoms with Crippen molar-refractivity contribution in [3.63, 3.8) is 0 Å². The molecule has 0 unspecified atom stereocenters. The summed E-state index contributed by atoms with van der Waals surface area (Å²) in [6, 6.07) is 0. The molecule has 0 saturated carbocycles. The van der Waals surface area contributed by atoms with E-state index in [2.05, 4.69) is 16.4 Å². The van der Waals surface area contributed by atoms with Crippen molar-refractivity contribution in [2.45, 2.75) is 45.8 Å². The molecule has 0 bridgehead atoms. The summed E-state index contributed by atoms with van der Waals surface area (Å²) in [5, 5.41) is 0. The molecule has 0 aromatic rings. The van der Waals surface area contributed by atoms with Crippen molar-refractivity contribution in [3.8, 4) is 0 Å². The lowest BCUT2D eigenvalue weighted by Gasteiger charge is -2.18. The fraction of sp³-hybridized carbons (Fsp3) is 0.700. The second-order valence-corrected chi connectivity index (χ2v) is 4.68. The molecule has 0 aromatic carbocycles. The van der Waals surface area contributed by atoms with Gasteiger partial charge in [0, 0.05) is 13.8 Å². The lowest BCUT2D eigenvalue weighted by Crippen LogP contribution is -2.30. The molecule has 0 fully saturated rings. The van der Waals surface area contributed by atoms with Crippen LogP contribution in [-0.2, 0) is 14.2 Å². The molecule has 5 heteroatoms. The first-order valence-corrected chi connectivity index (χ1v) is 4.49. The fourth-order valence-electron chi connectivity index (χ4n) is 0.585. The quantitative estimate of drug-likeness (QED) is 0.384. The van der Waals surface area contributed by atoms with Gasteiger partial charge in [-0.25, -0.2) is 9.59 Å². The fourth-order valence-corrected chi connectivity index (χ4v) is 0.585. The van der Waals surface area contributed by atoms with Gasteiger partial charge in [-0.2, -0.15) is 0 Å². The predicted octanol–water partition coefficient (Wildman–Crippen LogP) is 2.69. The Bertz CT molecular complexity index is 218. The molecule has 0 spiro atoms. The maximum absolute atomic E-state index is 11.0. The third kappa shape index (κ3) is 8.93. The minimum Gasteiger partial charge on any atom is -0.428 e. The van der Waals surface area contributed by atoms with E-state index in [-0.39, 0.29) is 0 Å². The molecule has 0 atom stereocenters. The smallest absolute Gasteiger partial charge is 0.428 e. The average Bonchev–Trinajstić information content (AvgIpc) is 1.73. The van der Waals surface area contributed by atoms with Crippen molar-refractivity contribution in [2.24, 2.45) is 0 Å². The van der Waals surface area contributed by atoms with Gasteiger partial charge in [-0.3, -0.25) is 0 Å². The number of carbonyl (C=O) groups excluding carboxylic acids is 2. The van der Waals surface area contributed by atoms with E-state index < -0.39 is 23.5 Å². The second-order valence-electron chi connectivity index (χ2n) is 4.68. The van der Waals surface area contributed by atoms with E-state index in [0.29, 0.717) is 0 Å². The second kappa shape index (κ2) is 4.42. The molecule has 0 aliphatic heterocycles. The van der Waals surface area contributed by atoms with Gasteiger partial charge in [0.25, 0.3) is 0 Å². The highest BCUT2D eigenvalue weighted by molar-refractivity contribution is 5.77. The van der Waals surface area contributed by atoms with Crippen LogP contribution >= 0.6 is 0 Å². The summed E-state index contributed by atoms with van der Waals surface area (Å²) in [4.78, 5) is 22.0. The van der Waals surface area contributed by atoms with Crippen LogP contribution in [0, 0.1) is 6.92 Å². The van der Waals surface area contributed by atoms with Crippen molar-refractivity contribution in [2.75, 3.05) is 0 Å². The summed E-state index contributed by atoms with van der Waals surface area (Å²) in [7, 11) is 0. The first-order chi connectivity index (χ1) is 6.49. The van der Waals surface area contributed by atoms with Crippen LogP contribution in [0.4, 0.5) is 9.59 Å². The molecule has 0 amide bonds. The van der Waals surface area contributed by atoms with Crippen LogP contribution in [0.2, 0.25) is 0 Å². The molecular weight excluding hydrogens is 200 g/mol. The predicted molar refractivity (Wildman–Crippen MR) is 53.2 cm³/mol. The summed E-state index contributed by atoms with van der Waals surface area (Å²) < 4.78 is 13.6. The van der Waals surface area contributed by atoms with Crippen molar-refractivity contribution in [1.29, 1.82) is 0 Å². The topological polar surface area (TPSA) is 61.8 Å². The van der Waals surface area contributed by atoms with Crippen LogP contribution in [0.1, 0.15) is 34.6 Å². The van der Waals surface area contributed by atoms with Gasteiger partial charge >= 0.3 is 12.3 Å². The van der Waals surface area contributed by atoms with Gasteiger partial charge in [-0.15, -0.1) is 0 Å². The zero-order valence-corrected chi connectivity index (χ0v) is 9.75. The zero-order chi connectivity index (χ0) is 12.3. The van der Waals surface area contributed by atoms with Gasteiger partial charge < -0.3 is 14.2 Å². The maximum Gasteiger partial charge on any atom is 0.522 e. The molecule has 0 radical (unpaired) electrons. The molecular formula is C10H17O5+. The zero-order valence-electron chi connectivity index (χ0n) is 9.75. The van der Waals surface area contributed by atoms with Crippen molar-refractivity contribution >= 4 is 12.3 Å². The van der Waals surface area contributed by atoms with E-state index in [1.165, 1.54) is 0 Å². The Hall–Kier alpha value is -1.39. The minimum atomic E-state index is -1.12. The van der Waals surface area contributed by atoms with Crippen LogP contribution < -0.4 is 0 Å². The Morgan fingerprint density at radius 3 is 1.67 bits per heavy atom. The van der Waals surface area contributed by atoms with Crippen LogP contribution in [0.3, 0.4) is 0 Å². The van der Waals surface area contributed by atoms with Crippen LogP contribution in [0.25, 0.3) is 0 Å². The highest BCUT2D eigenvalue weighted by atomic mass is 16.8. The Labute approximate surface area is 89.7 Å². The summed E-state index contributed by atoms with van der Waals surface area (Å²) >= 11 is 0. The molecule has 0 aliphatic carbocycles. The van der Waals surface area contributed by atoms with E-state index >= 15 is 0 Å². The molecule has 0 saturated heterocycles. The van der Waals surface area contributed by atoms with Gasteiger partial charge in [0.1, 0.15) is 12.5 Å². The molecule has 5 nitrogen and oxygen atoms in total. The number of rotatable bonds is 1. The molecule has 0 rings (SSSR count). The Kier molecular flexibility index (Phi) is 4.01. The third-order valence-electron chi connectivity index (χ3n) is 0.916. The first-order valence-electron chi connectivity index (χ1n) is 4.49. The van der Waals surface area contributed by atoms with Gasteiger partial charge in [0.05, 0.1) is 0 Å². The molecule has 0 heterocycles. The first kappa shape index (κ1) is 13.6. The van der Waals surface area contributed by atoms with Crippen molar-refractivity contribution in [1.82, 2.24) is 0 Å². The lowest BCUT2D eigenvalue weighted by atomic mass is 10.2. The summed E-state index contributed by atoms with van der Waals surface area (Å²) in [5.74, 6) is 0. The highest BCUT2D eigenvalue weighted by Crippen LogP contribution is 2.11. The van der Waals surface area contributed by atoms with Crippen LogP contribution in [0.15, 0.2) is 0 Å². The highest BCUT2D eigenvalue weighted by Gasteiger charge is 2.28. The number of hydrogen-bond acceptors (Lipinski definition) is 5. The van der Waals surface area contributed by atoms with Crippen molar-refractivity contribution in [3.05, 3.63) is 6.92 Å². The summed E-state index contributed by atoms with van der Waals surface area (Å²) in [6.45, 7) is 11.6. The van der Waals surface area contributed by atoms with E-state index in [4.69, 9.17) is 4.74 Å². The minimum absolute atomic E-state index is 0.711. The van der Waals surface area contributed by atoms with Gasteiger partial charge in [-0.1, -0.05) is 0 Å². The number of carbonyl (C=O) groups is 2. The van der Waals surface area contributed by atoms with Crippen molar-refractivity contribution < 1.29 is 23.8 Å². The van der Waals surface area contributed by atoms with Gasteiger partial charge in [0.2, 0.25) is 5.60 Å². The normalized spacial score (nSPS) is 11.8. The SMILES string of the molecule is [CH2+]C(C)(C)OC(=O)OC(=O)OC(C)(C)C. The Morgan fingerprint density at radius 2 is 1.33 bits per heavy atom. The summed E-state index contributed by atoms with van der Waals surface area (Å²) in [6.07, 6.45) is -2.21.